The highest BCUT2D eigenvalue weighted by Crippen LogP contribution is 2.46. The minimum absolute atomic E-state index is 0.0167. The molecule has 2 aromatic heterocycles. The quantitative estimate of drug-likeness (QED) is 0.190. The summed E-state index contributed by atoms with van der Waals surface area (Å²) >= 11 is 19.6. The van der Waals surface area contributed by atoms with Crippen LogP contribution >= 0.6 is 55.1 Å². The van der Waals surface area contributed by atoms with Crippen LogP contribution in [0.1, 0.15) is 82.3 Å². The average Bonchev–Trinajstić information content (AvgIpc) is 3.35. The van der Waals surface area contributed by atoms with Gasteiger partial charge in [-0.25, -0.2) is 0 Å². The minimum Gasteiger partial charge on any atom is -0.392 e. The first-order valence-corrected chi connectivity index (χ1v) is 20.0. The highest BCUT2D eigenvalue weighted by Gasteiger charge is 2.35. The second-order valence-electron chi connectivity index (χ2n) is 14.1. The van der Waals surface area contributed by atoms with Crippen LogP contribution in [0.15, 0.2) is 69.9 Å². The van der Waals surface area contributed by atoms with Crippen molar-refractivity contribution < 1.29 is 10.2 Å². The molecule has 0 radical (unpaired) electrons. The topological polar surface area (TPSA) is 81.5 Å². The van der Waals surface area contributed by atoms with E-state index in [9.17, 15) is 10.2 Å². The fourth-order valence-corrected chi connectivity index (χ4v) is 9.42. The molecular formula is C41H42Br2Cl2N4O2. The first-order valence-electron chi connectivity index (χ1n) is 17.7. The monoisotopic (exact) mass is 850 g/mol. The zero-order valence-corrected chi connectivity index (χ0v) is 33.2. The van der Waals surface area contributed by atoms with Gasteiger partial charge in [-0.3, -0.25) is 9.97 Å². The van der Waals surface area contributed by atoms with Gasteiger partial charge in [-0.15, -0.1) is 0 Å². The third-order valence-electron chi connectivity index (χ3n) is 10.9. The number of benzene rings is 2. The zero-order valence-electron chi connectivity index (χ0n) is 28.6. The van der Waals surface area contributed by atoms with E-state index in [0.717, 1.165) is 116 Å². The average molecular weight is 854 g/mol. The molecular weight excluding hydrogens is 811 g/mol. The third-order valence-corrected chi connectivity index (χ3v) is 12.2. The number of hydrogen-bond donors (Lipinski definition) is 3. The van der Waals surface area contributed by atoms with Crippen molar-refractivity contribution in [2.75, 3.05) is 46.4 Å². The maximum Gasteiger partial charge on any atom is 0.0688 e. The van der Waals surface area contributed by atoms with Crippen molar-refractivity contribution >= 4 is 78.4 Å². The molecule has 0 bridgehead atoms. The number of nitrogens with zero attached hydrogens (tertiary/aromatic N) is 3. The Bertz CT molecular complexity index is 1970. The van der Waals surface area contributed by atoms with Gasteiger partial charge in [0.1, 0.15) is 0 Å². The standard InChI is InChI=1S/C21H22BrClN2O.C20H20BrClN2O/c1-25-6-4-13(5-7-25)20-18-3-2-17(23)9-14(18)8-15(12-26)19-10-16(22)11-24-21(19)20;21-15-9-18-14(11-25)7-13-8-16(22)1-2-17(13)19(20(18)24-10-15)12-3-5-23-6-4-12/h2-3,8-11,13,20,26H,4-7,12H2,1H3;1-2,7-10,12,19,23,25H,3-6,11H2. The molecule has 4 aliphatic rings. The molecule has 2 unspecified atom stereocenters. The van der Waals surface area contributed by atoms with Crippen LogP contribution in [0.5, 0.6) is 0 Å². The first kappa shape index (κ1) is 36.9. The molecule has 2 saturated heterocycles. The van der Waals surface area contributed by atoms with E-state index in [1.807, 2.05) is 36.7 Å². The van der Waals surface area contributed by atoms with Crippen molar-refractivity contribution in [1.82, 2.24) is 20.2 Å². The van der Waals surface area contributed by atoms with E-state index in [0.29, 0.717) is 11.8 Å². The molecule has 2 fully saturated rings. The lowest BCUT2D eigenvalue weighted by molar-refractivity contribution is 0.206. The number of halogens is 4. The van der Waals surface area contributed by atoms with E-state index < -0.39 is 0 Å². The Balaban J connectivity index is 0.000000159. The Morgan fingerprint density at radius 1 is 0.706 bits per heavy atom. The molecule has 8 rings (SSSR count). The SMILES string of the molecule is CN1CCC(C2c3ccc(Cl)cc3C=C(CO)c3cc(Br)cnc32)CC1.OCC1=Cc2cc(Cl)ccc2C(C2CCNCC2)c2ncc(Br)cc21. The number of hydrogen-bond acceptors (Lipinski definition) is 6. The van der Waals surface area contributed by atoms with Gasteiger partial charge in [0, 0.05) is 54.3 Å². The van der Waals surface area contributed by atoms with E-state index in [1.165, 1.54) is 11.1 Å². The summed E-state index contributed by atoms with van der Waals surface area (Å²) in [7, 11) is 2.19. The number of rotatable bonds is 4. The molecule has 2 aliphatic carbocycles. The molecule has 266 valence electrons. The van der Waals surface area contributed by atoms with Crippen LogP contribution in [0, 0.1) is 11.8 Å². The summed E-state index contributed by atoms with van der Waals surface area (Å²) in [6, 6.07) is 16.4. The number of fused-ring (bicyclic) bond motifs is 4. The summed E-state index contributed by atoms with van der Waals surface area (Å²) in [5, 5.41) is 24.9. The summed E-state index contributed by atoms with van der Waals surface area (Å²) in [4.78, 5) is 12.0. The molecule has 3 N–H and O–H groups in total. The molecule has 2 atom stereocenters. The Labute approximate surface area is 327 Å². The Kier molecular flexibility index (Phi) is 11.8. The minimum atomic E-state index is -0.0178. The van der Waals surface area contributed by atoms with Crippen LogP contribution in [-0.2, 0) is 0 Å². The van der Waals surface area contributed by atoms with E-state index in [4.69, 9.17) is 33.2 Å². The second kappa shape index (κ2) is 16.3. The van der Waals surface area contributed by atoms with E-state index in [1.54, 1.807) is 0 Å². The van der Waals surface area contributed by atoms with Gasteiger partial charge < -0.3 is 20.4 Å². The largest absolute Gasteiger partial charge is 0.392 e. The Hall–Kier alpha value is -2.40. The van der Waals surface area contributed by atoms with Gasteiger partial charge in [-0.1, -0.05) is 35.3 Å². The van der Waals surface area contributed by atoms with Gasteiger partial charge in [0.15, 0.2) is 0 Å². The van der Waals surface area contributed by atoms with Crippen molar-refractivity contribution in [2.45, 2.75) is 37.5 Å². The lowest BCUT2D eigenvalue weighted by Gasteiger charge is -2.35. The lowest BCUT2D eigenvalue weighted by Crippen LogP contribution is -2.33. The molecule has 6 nitrogen and oxygen atoms in total. The van der Waals surface area contributed by atoms with Crippen molar-refractivity contribution in [3.63, 3.8) is 0 Å². The fraction of sp³-hybridized carbons (Fsp3) is 0.366. The van der Waals surface area contributed by atoms with Gasteiger partial charge in [-0.05, 0) is 185 Å². The molecule has 2 aliphatic heterocycles. The van der Waals surface area contributed by atoms with Gasteiger partial charge in [-0.2, -0.15) is 0 Å². The van der Waals surface area contributed by atoms with Gasteiger partial charge in [0.25, 0.3) is 0 Å². The van der Waals surface area contributed by atoms with Gasteiger partial charge >= 0.3 is 0 Å². The second-order valence-corrected chi connectivity index (χ2v) is 16.8. The number of aliphatic hydroxyl groups excluding tert-OH is 2. The summed E-state index contributed by atoms with van der Waals surface area (Å²) in [5.74, 6) is 1.50. The normalized spacial score (nSPS) is 20.7. The summed E-state index contributed by atoms with van der Waals surface area (Å²) in [6.45, 7) is 4.26. The first-order chi connectivity index (χ1) is 24.7. The predicted octanol–water partition coefficient (Wildman–Crippen LogP) is 9.29. The Morgan fingerprint density at radius 3 is 1.61 bits per heavy atom. The van der Waals surface area contributed by atoms with E-state index in [-0.39, 0.29) is 25.0 Å². The third kappa shape index (κ3) is 7.95. The summed E-state index contributed by atoms with van der Waals surface area (Å²) < 4.78 is 1.86. The fourth-order valence-electron chi connectivity index (χ4n) is 8.40. The van der Waals surface area contributed by atoms with Crippen molar-refractivity contribution in [3.05, 3.63) is 125 Å². The van der Waals surface area contributed by atoms with Crippen LogP contribution in [0.2, 0.25) is 10.0 Å². The maximum absolute atomic E-state index is 10.0. The molecule has 51 heavy (non-hydrogen) atoms. The van der Waals surface area contributed by atoms with Gasteiger partial charge in [0.2, 0.25) is 0 Å². The lowest BCUT2D eigenvalue weighted by atomic mass is 9.76. The molecule has 4 aromatic rings. The molecule has 4 heterocycles. The van der Waals surface area contributed by atoms with Crippen molar-refractivity contribution in [3.8, 4) is 0 Å². The number of nitrogens with one attached hydrogen (secondary N) is 1. The maximum atomic E-state index is 10.0. The highest BCUT2D eigenvalue weighted by molar-refractivity contribution is 9.10. The van der Waals surface area contributed by atoms with Gasteiger partial charge in [0.05, 0.1) is 24.6 Å². The highest BCUT2D eigenvalue weighted by atomic mass is 79.9. The van der Waals surface area contributed by atoms with Crippen LogP contribution < -0.4 is 5.32 Å². The summed E-state index contributed by atoms with van der Waals surface area (Å²) in [5.41, 5.74) is 10.7. The molecule has 0 saturated carbocycles. The van der Waals surface area contributed by atoms with Crippen molar-refractivity contribution in [1.29, 1.82) is 0 Å². The Morgan fingerprint density at radius 2 is 1.16 bits per heavy atom. The summed E-state index contributed by atoms with van der Waals surface area (Å²) in [6.07, 6.45) is 12.4. The predicted molar refractivity (Wildman–Crippen MR) is 216 cm³/mol. The van der Waals surface area contributed by atoms with E-state index in [2.05, 4.69) is 85.5 Å². The smallest absolute Gasteiger partial charge is 0.0688 e. The van der Waals surface area contributed by atoms with Crippen LogP contribution in [0.3, 0.4) is 0 Å². The number of aromatic nitrogens is 2. The molecule has 10 heteroatoms. The molecule has 2 aromatic carbocycles. The number of pyridine rings is 2. The zero-order chi connectivity index (χ0) is 35.6. The number of aliphatic hydroxyl groups is 2. The number of piperidine rings is 2. The van der Waals surface area contributed by atoms with Crippen molar-refractivity contribution in [2.24, 2.45) is 11.8 Å². The molecule has 0 spiro atoms. The van der Waals surface area contributed by atoms with Crippen LogP contribution in [0.25, 0.3) is 23.3 Å². The molecule has 0 amide bonds. The van der Waals surface area contributed by atoms with Crippen LogP contribution in [0.4, 0.5) is 0 Å². The van der Waals surface area contributed by atoms with E-state index >= 15 is 0 Å². The number of likely N-dealkylation sites (tertiary alicyclic amines) is 1. The van der Waals surface area contributed by atoms with Crippen LogP contribution in [-0.4, -0.2) is 71.5 Å².